The van der Waals surface area contributed by atoms with Crippen molar-refractivity contribution in [2.45, 2.75) is 24.4 Å². The molecular weight excluding hydrogens is 388 g/mol. The standard InChI is InChI=1S/C22H28N2O4S/c1-2-3-14-28-21-8-10-22(11-9-21)29(25,26)23-17-19-4-6-20(7-5-19)18-24-12-15-27-16-13-24/h2,4-11,23H,1,3,12-18H2. The molecule has 0 spiro atoms. The molecule has 1 N–H and O–H groups in total. The number of hydrogen-bond acceptors (Lipinski definition) is 5. The van der Waals surface area contributed by atoms with E-state index in [1.54, 1.807) is 30.3 Å². The van der Waals surface area contributed by atoms with Gasteiger partial charge in [0.15, 0.2) is 0 Å². The number of sulfonamides is 1. The monoisotopic (exact) mass is 416 g/mol. The van der Waals surface area contributed by atoms with Crippen molar-refractivity contribution in [1.82, 2.24) is 9.62 Å². The Bertz CT molecular complexity index is 874. The highest BCUT2D eigenvalue weighted by Crippen LogP contribution is 2.17. The highest BCUT2D eigenvalue weighted by molar-refractivity contribution is 7.89. The molecule has 0 aliphatic carbocycles. The van der Waals surface area contributed by atoms with Crippen LogP contribution in [0.15, 0.2) is 66.1 Å². The summed E-state index contributed by atoms with van der Waals surface area (Å²) in [5.74, 6) is 0.640. The van der Waals surface area contributed by atoms with E-state index in [9.17, 15) is 8.42 Å². The average Bonchev–Trinajstić information content (AvgIpc) is 2.75. The molecule has 3 rings (SSSR count). The fourth-order valence-electron chi connectivity index (χ4n) is 3.02. The molecule has 0 amide bonds. The lowest BCUT2D eigenvalue weighted by molar-refractivity contribution is 0.0342. The third kappa shape index (κ3) is 6.68. The maximum atomic E-state index is 12.5. The van der Waals surface area contributed by atoms with E-state index in [1.165, 1.54) is 5.56 Å². The SMILES string of the molecule is C=CCCOc1ccc(S(=O)(=O)NCc2ccc(CN3CCOCC3)cc2)cc1. The van der Waals surface area contributed by atoms with Crippen molar-refractivity contribution in [3.63, 3.8) is 0 Å². The predicted octanol–water partition coefficient (Wildman–Crippen LogP) is 2.95. The lowest BCUT2D eigenvalue weighted by Gasteiger charge is -2.26. The zero-order valence-electron chi connectivity index (χ0n) is 16.5. The molecule has 0 aromatic heterocycles. The molecule has 2 aromatic carbocycles. The molecule has 0 radical (unpaired) electrons. The van der Waals surface area contributed by atoms with Crippen LogP contribution in [0.2, 0.25) is 0 Å². The molecule has 0 unspecified atom stereocenters. The van der Waals surface area contributed by atoms with Crippen molar-refractivity contribution in [2.24, 2.45) is 0 Å². The van der Waals surface area contributed by atoms with Crippen molar-refractivity contribution in [2.75, 3.05) is 32.9 Å². The van der Waals surface area contributed by atoms with Gasteiger partial charge in [-0.3, -0.25) is 4.90 Å². The molecule has 1 aliphatic heterocycles. The van der Waals surface area contributed by atoms with E-state index in [0.29, 0.717) is 12.4 Å². The van der Waals surface area contributed by atoms with Crippen molar-refractivity contribution in [1.29, 1.82) is 0 Å². The van der Waals surface area contributed by atoms with E-state index in [4.69, 9.17) is 9.47 Å². The van der Waals surface area contributed by atoms with Crippen molar-refractivity contribution < 1.29 is 17.9 Å². The van der Waals surface area contributed by atoms with E-state index in [-0.39, 0.29) is 11.4 Å². The third-order valence-corrected chi connectivity index (χ3v) is 6.14. The van der Waals surface area contributed by atoms with Gasteiger partial charge in [-0.2, -0.15) is 0 Å². The maximum absolute atomic E-state index is 12.5. The summed E-state index contributed by atoms with van der Waals surface area (Å²) in [6.45, 7) is 8.74. The summed E-state index contributed by atoms with van der Waals surface area (Å²) in [5.41, 5.74) is 2.13. The van der Waals surface area contributed by atoms with Crippen LogP contribution in [0.4, 0.5) is 0 Å². The number of morpholine rings is 1. The Morgan fingerprint density at radius 2 is 1.69 bits per heavy atom. The largest absolute Gasteiger partial charge is 0.493 e. The highest BCUT2D eigenvalue weighted by atomic mass is 32.2. The predicted molar refractivity (Wildman–Crippen MR) is 113 cm³/mol. The molecule has 0 saturated carbocycles. The minimum atomic E-state index is -3.58. The summed E-state index contributed by atoms with van der Waals surface area (Å²) in [4.78, 5) is 2.57. The van der Waals surface area contributed by atoms with E-state index in [0.717, 1.165) is 44.8 Å². The summed E-state index contributed by atoms with van der Waals surface area (Å²) in [7, 11) is -3.58. The van der Waals surface area contributed by atoms with E-state index in [1.807, 2.05) is 12.1 Å². The Morgan fingerprint density at radius 1 is 1.03 bits per heavy atom. The maximum Gasteiger partial charge on any atom is 0.240 e. The first-order chi connectivity index (χ1) is 14.1. The molecule has 2 aromatic rings. The van der Waals surface area contributed by atoms with Gasteiger partial charge in [-0.25, -0.2) is 13.1 Å². The Balaban J connectivity index is 1.52. The smallest absolute Gasteiger partial charge is 0.240 e. The number of rotatable bonds is 10. The van der Waals surface area contributed by atoms with Crippen LogP contribution in [0.5, 0.6) is 5.75 Å². The summed E-state index contributed by atoms with van der Waals surface area (Å²) in [6, 6.07) is 14.5. The summed E-state index contributed by atoms with van der Waals surface area (Å²) in [6.07, 6.45) is 2.52. The van der Waals surface area contributed by atoms with E-state index < -0.39 is 10.0 Å². The van der Waals surface area contributed by atoms with Gasteiger partial charge in [0, 0.05) is 26.2 Å². The Hall–Kier alpha value is -2.19. The van der Waals surface area contributed by atoms with Gasteiger partial charge in [0.05, 0.1) is 24.7 Å². The van der Waals surface area contributed by atoms with Crippen LogP contribution in [0.1, 0.15) is 17.5 Å². The Kier molecular flexibility index (Phi) is 7.83. The first-order valence-corrected chi connectivity index (χ1v) is 11.3. The molecule has 1 saturated heterocycles. The molecule has 0 bridgehead atoms. The van der Waals surface area contributed by atoms with Gasteiger partial charge in [-0.05, 0) is 41.8 Å². The second-order valence-corrected chi connectivity index (χ2v) is 8.69. The first kappa shape index (κ1) is 21.5. The van der Waals surface area contributed by atoms with Crippen LogP contribution in [0.3, 0.4) is 0 Å². The van der Waals surface area contributed by atoms with Crippen LogP contribution in [-0.2, 0) is 27.8 Å². The van der Waals surface area contributed by atoms with Gasteiger partial charge in [-0.15, -0.1) is 6.58 Å². The zero-order valence-corrected chi connectivity index (χ0v) is 17.4. The quantitative estimate of drug-likeness (QED) is 0.476. The van der Waals surface area contributed by atoms with Gasteiger partial charge in [0.25, 0.3) is 0 Å². The second kappa shape index (κ2) is 10.5. The fraction of sp³-hybridized carbons (Fsp3) is 0.364. The molecule has 6 nitrogen and oxygen atoms in total. The molecule has 7 heteroatoms. The molecular formula is C22H28N2O4S. The number of hydrogen-bond donors (Lipinski definition) is 1. The van der Waals surface area contributed by atoms with Crippen LogP contribution >= 0.6 is 0 Å². The first-order valence-electron chi connectivity index (χ1n) is 9.78. The summed E-state index contributed by atoms with van der Waals surface area (Å²) in [5, 5.41) is 0. The molecule has 0 atom stereocenters. The third-order valence-electron chi connectivity index (χ3n) is 4.72. The Morgan fingerprint density at radius 3 is 2.34 bits per heavy atom. The number of nitrogens with one attached hydrogen (secondary N) is 1. The van der Waals surface area contributed by atoms with Crippen LogP contribution in [0.25, 0.3) is 0 Å². The molecule has 1 fully saturated rings. The topological polar surface area (TPSA) is 67.9 Å². The van der Waals surface area contributed by atoms with Crippen LogP contribution < -0.4 is 9.46 Å². The van der Waals surface area contributed by atoms with Gasteiger partial charge in [0.2, 0.25) is 10.0 Å². The molecule has 29 heavy (non-hydrogen) atoms. The van der Waals surface area contributed by atoms with Gasteiger partial charge < -0.3 is 9.47 Å². The van der Waals surface area contributed by atoms with Gasteiger partial charge in [0.1, 0.15) is 5.75 Å². The van der Waals surface area contributed by atoms with Crippen molar-refractivity contribution in [3.05, 3.63) is 72.3 Å². The highest BCUT2D eigenvalue weighted by Gasteiger charge is 2.14. The van der Waals surface area contributed by atoms with Gasteiger partial charge in [-0.1, -0.05) is 30.3 Å². The van der Waals surface area contributed by atoms with Crippen LogP contribution in [-0.4, -0.2) is 46.2 Å². The van der Waals surface area contributed by atoms with Crippen molar-refractivity contribution >= 4 is 10.0 Å². The molecule has 156 valence electrons. The lowest BCUT2D eigenvalue weighted by atomic mass is 10.1. The molecule has 1 heterocycles. The minimum Gasteiger partial charge on any atom is -0.493 e. The minimum absolute atomic E-state index is 0.220. The van der Waals surface area contributed by atoms with E-state index in [2.05, 4.69) is 28.3 Å². The fourth-order valence-corrected chi connectivity index (χ4v) is 4.03. The Labute approximate surface area is 173 Å². The normalized spacial score (nSPS) is 15.2. The molecule has 1 aliphatic rings. The number of ether oxygens (including phenoxy) is 2. The van der Waals surface area contributed by atoms with E-state index >= 15 is 0 Å². The number of nitrogens with zero attached hydrogens (tertiary/aromatic N) is 1. The second-order valence-electron chi connectivity index (χ2n) is 6.93. The van der Waals surface area contributed by atoms with Crippen molar-refractivity contribution in [3.8, 4) is 5.75 Å². The average molecular weight is 417 g/mol. The summed E-state index contributed by atoms with van der Waals surface area (Å²) >= 11 is 0. The zero-order chi connectivity index (χ0) is 20.5. The van der Waals surface area contributed by atoms with Crippen LogP contribution in [0, 0.1) is 0 Å². The summed E-state index contributed by atoms with van der Waals surface area (Å²) < 4.78 is 38.6. The lowest BCUT2D eigenvalue weighted by Crippen LogP contribution is -2.35. The number of benzene rings is 2. The van der Waals surface area contributed by atoms with Gasteiger partial charge >= 0.3 is 0 Å².